The third-order valence-corrected chi connectivity index (χ3v) is 13.2. The molecule has 240 valence electrons. The minimum Gasteiger partial charge on any atom is -0.427 e. The number of nitrogens with zero attached hydrogens (tertiary/aromatic N) is 1. The van der Waals surface area contributed by atoms with E-state index in [9.17, 15) is 14.7 Å². The van der Waals surface area contributed by atoms with Crippen LogP contribution < -0.4 is 10.6 Å². The van der Waals surface area contributed by atoms with Crippen molar-refractivity contribution in [1.29, 1.82) is 0 Å². The SMILES string of the molecule is CCC/C=C1\OC(=O)C2=C1CC[C@H]1[C@@H]3CC[C@@]4(C5=C3Cc3ccnc(c3)NCSS[C@H](NC[C@H](C)O)[C@H](C)C/C=C\4OC5=O)[C@@H]21. The summed E-state index contributed by atoms with van der Waals surface area (Å²) in [4.78, 5) is 32.4. The number of aliphatic hydroxyl groups excluding tert-OH is 1. The number of rotatable bonds is 5. The molecule has 4 aliphatic carbocycles. The summed E-state index contributed by atoms with van der Waals surface area (Å²) in [6, 6.07) is 4.14. The van der Waals surface area contributed by atoms with Crippen LogP contribution in [0.3, 0.4) is 0 Å². The number of cyclic esters (lactones) is 1. The molecule has 8 rings (SSSR count). The second-order valence-corrected chi connectivity index (χ2v) is 16.0. The zero-order valence-corrected chi connectivity index (χ0v) is 27.9. The number of allylic oxidation sites excluding steroid dienone is 5. The Kier molecular flexibility index (Phi) is 8.69. The van der Waals surface area contributed by atoms with E-state index in [-0.39, 0.29) is 41.0 Å². The van der Waals surface area contributed by atoms with Gasteiger partial charge in [0.2, 0.25) is 0 Å². The van der Waals surface area contributed by atoms with Gasteiger partial charge in [-0.1, -0.05) is 47.4 Å². The van der Waals surface area contributed by atoms with Crippen molar-refractivity contribution in [3.63, 3.8) is 0 Å². The number of unbranched alkanes of at least 4 members (excludes halogenated alkanes) is 1. The predicted molar refractivity (Wildman–Crippen MR) is 178 cm³/mol. The second kappa shape index (κ2) is 12.6. The van der Waals surface area contributed by atoms with Crippen LogP contribution in [0.25, 0.3) is 0 Å². The average Bonchev–Trinajstić information content (AvgIpc) is 3.51. The fraction of sp³-hybridized carbons (Fsp3) is 0.571. The minimum atomic E-state index is -0.665. The van der Waals surface area contributed by atoms with Crippen LogP contribution in [0.5, 0.6) is 0 Å². The van der Waals surface area contributed by atoms with Gasteiger partial charge in [-0.25, -0.2) is 14.6 Å². The van der Waals surface area contributed by atoms with Gasteiger partial charge in [-0.05, 0) is 99.5 Å². The topological polar surface area (TPSA) is 110 Å². The van der Waals surface area contributed by atoms with Crippen LogP contribution in [0.1, 0.15) is 71.3 Å². The first-order valence-corrected chi connectivity index (χ1v) is 18.9. The molecule has 3 aliphatic heterocycles. The Morgan fingerprint density at radius 2 is 2.13 bits per heavy atom. The number of carbonyl (C=O) groups excluding carboxylic acids is 2. The quantitative estimate of drug-likeness (QED) is 0.244. The van der Waals surface area contributed by atoms with E-state index < -0.39 is 11.5 Å². The first-order chi connectivity index (χ1) is 21.8. The molecular formula is C35H43N3O5S2. The third kappa shape index (κ3) is 5.39. The predicted octanol–water partition coefficient (Wildman–Crippen LogP) is 6.42. The number of hydrogen-bond acceptors (Lipinski definition) is 10. The molecule has 7 atom stereocenters. The highest BCUT2D eigenvalue weighted by Crippen LogP contribution is 2.70. The molecule has 4 heterocycles. The maximum absolute atomic E-state index is 14.1. The fourth-order valence-corrected chi connectivity index (χ4v) is 11.2. The van der Waals surface area contributed by atoms with Crippen molar-refractivity contribution < 1.29 is 24.2 Å². The molecule has 2 fully saturated rings. The van der Waals surface area contributed by atoms with E-state index >= 15 is 0 Å². The number of pyridine rings is 1. The number of carbonyl (C=O) groups is 2. The lowest BCUT2D eigenvalue weighted by molar-refractivity contribution is -0.135. The molecule has 7 aliphatic rings. The van der Waals surface area contributed by atoms with Crippen molar-refractivity contribution in [3.8, 4) is 0 Å². The van der Waals surface area contributed by atoms with Gasteiger partial charge in [-0.15, -0.1) is 0 Å². The van der Waals surface area contributed by atoms with Gasteiger partial charge in [0.1, 0.15) is 17.3 Å². The van der Waals surface area contributed by atoms with E-state index in [2.05, 4.69) is 47.7 Å². The van der Waals surface area contributed by atoms with Crippen molar-refractivity contribution in [2.45, 2.75) is 83.6 Å². The summed E-state index contributed by atoms with van der Waals surface area (Å²) in [5.74, 6) is 2.99. The van der Waals surface area contributed by atoms with Crippen LogP contribution in [0, 0.1) is 29.1 Å². The van der Waals surface area contributed by atoms with Crippen molar-refractivity contribution in [3.05, 3.63) is 69.9 Å². The number of hydrogen-bond donors (Lipinski definition) is 3. The molecule has 10 heteroatoms. The minimum absolute atomic E-state index is 0.0607. The lowest BCUT2D eigenvalue weighted by Crippen LogP contribution is -2.52. The monoisotopic (exact) mass is 649 g/mol. The van der Waals surface area contributed by atoms with E-state index in [1.54, 1.807) is 28.5 Å². The van der Waals surface area contributed by atoms with Gasteiger partial charge in [-0.3, -0.25) is 0 Å². The van der Waals surface area contributed by atoms with Gasteiger partial charge in [0, 0.05) is 29.8 Å². The van der Waals surface area contributed by atoms with Gasteiger partial charge in [-0.2, -0.15) is 0 Å². The Morgan fingerprint density at radius 1 is 1.27 bits per heavy atom. The number of nitrogens with one attached hydrogen (secondary N) is 2. The van der Waals surface area contributed by atoms with E-state index in [4.69, 9.17) is 9.47 Å². The molecule has 1 aromatic rings. The van der Waals surface area contributed by atoms with Crippen LogP contribution in [-0.4, -0.2) is 45.9 Å². The number of esters is 2. The van der Waals surface area contributed by atoms with Gasteiger partial charge >= 0.3 is 11.9 Å². The largest absolute Gasteiger partial charge is 0.427 e. The number of aromatic nitrogens is 1. The molecule has 7 bridgehead atoms. The Bertz CT molecular complexity index is 1520. The summed E-state index contributed by atoms with van der Waals surface area (Å²) in [7, 11) is 3.46. The van der Waals surface area contributed by atoms with Gasteiger partial charge < -0.3 is 25.2 Å². The molecule has 1 saturated carbocycles. The van der Waals surface area contributed by atoms with Gasteiger partial charge in [0.15, 0.2) is 0 Å². The zero-order chi connectivity index (χ0) is 31.3. The summed E-state index contributed by atoms with van der Waals surface area (Å²) in [5.41, 5.74) is 4.27. The highest BCUT2D eigenvalue weighted by molar-refractivity contribution is 8.76. The van der Waals surface area contributed by atoms with Crippen LogP contribution in [-0.2, 0) is 25.5 Å². The van der Waals surface area contributed by atoms with Crippen molar-refractivity contribution in [2.75, 3.05) is 17.7 Å². The summed E-state index contributed by atoms with van der Waals surface area (Å²) in [5, 5.41) is 17.1. The van der Waals surface area contributed by atoms with Crippen LogP contribution in [0.2, 0.25) is 0 Å². The first-order valence-electron chi connectivity index (χ1n) is 16.5. The fourth-order valence-electron chi connectivity index (χ4n) is 8.70. The molecule has 1 spiro atoms. The van der Waals surface area contributed by atoms with E-state index in [0.717, 1.165) is 78.1 Å². The molecule has 3 N–H and O–H groups in total. The smallest absolute Gasteiger partial charge is 0.340 e. The highest BCUT2D eigenvalue weighted by atomic mass is 33.1. The van der Waals surface area contributed by atoms with Gasteiger partial charge in [0.05, 0.1) is 28.3 Å². The highest BCUT2D eigenvalue weighted by Gasteiger charge is 2.68. The van der Waals surface area contributed by atoms with Crippen LogP contribution in [0.15, 0.2) is 64.3 Å². The summed E-state index contributed by atoms with van der Waals surface area (Å²) < 4.78 is 12.3. The van der Waals surface area contributed by atoms with E-state index in [1.165, 1.54) is 5.57 Å². The summed E-state index contributed by atoms with van der Waals surface area (Å²) >= 11 is 0. The molecule has 8 nitrogen and oxygen atoms in total. The van der Waals surface area contributed by atoms with Crippen LogP contribution >= 0.6 is 21.6 Å². The zero-order valence-electron chi connectivity index (χ0n) is 26.3. The maximum Gasteiger partial charge on any atom is 0.340 e. The van der Waals surface area contributed by atoms with E-state index in [0.29, 0.717) is 25.3 Å². The standard InChI is InChI=1S/C35H43N3O5S2/c1-4-5-6-26-24-9-8-23-22-11-13-35(30(23)29(24)33(40)42-26)27-10-7-19(2)32(37-17-20(3)39)45-44-18-38-28-16-21(12-14-36-28)15-25(22)31(35)34(41)43-27/h6,10,12,14,16,19-20,22-23,30,32,37,39H,4-5,7-9,11,13,15,17-18H2,1-3H3,(H,36,38)/b26-6-,27-10+/t19-,20+,22+,23+,30-,32+,35+/m1/s1. The Balaban J connectivity index is 1.37. The van der Waals surface area contributed by atoms with Crippen LogP contribution in [0.4, 0.5) is 5.82 Å². The van der Waals surface area contributed by atoms with Crippen molar-refractivity contribution in [1.82, 2.24) is 10.3 Å². The average molecular weight is 650 g/mol. The number of anilines is 1. The number of fused-ring (bicyclic) bond motifs is 3. The summed E-state index contributed by atoms with van der Waals surface area (Å²) in [6.45, 7) is 6.60. The molecule has 1 saturated heterocycles. The molecule has 1 aromatic heterocycles. The van der Waals surface area contributed by atoms with Gasteiger partial charge in [0.25, 0.3) is 0 Å². The molecule has 0 amide bonds. The molecule has 0 unspecified atom stereocenters. The Hall–Kier alpha value is -2.53. The van der Waals surface area contributed by atoms with Crippen molar-refractivity contribution in [2.24, 2.45) is 29.1 Å². The second-order valence-electron chi connectivity index (χ2n) is 13.4. The summed E-state index contributed by atoms with van der Waals surface area (Å²) in [6.07, 6.45) is 12.4. The Labute approximate surface area is 273 Å². The number of ether oxygens (including phenoxy) is 2. The number of aliphatic hydroxyl groups is 1. The van der Waals surface area contributed by atoms with Crippen molar-refractivity contribution >= 4 is 39.3 Å². The normalized spacial score (nSPS) is 35.3. The Morgan fingerprint density at radius 3 is 2.96 bits per heavy atom. The molecular weight excluding hydrogens is 607 g/mol. The lowest BCUT2D eigenvalue weighted by Gasteiger charge is -2.56. The molecule has 0 radical (unpaired) electrons. The maximum atomic E-state index is 14.1. The molecule has 45 heavy (non-hydrogen) atoms. The third-order valence-electron chi connectivity index (χ3n) is 10.6. The first kappa shape index (κ1) is 31.1. The van der Waals surface area contributed by atoms with E-state index in [1.807, 2.05) is 12.3 Å². The molecule has 0 aromatic carbocycles. The lowest BCUT2D eigenvalue weighted by atomic mass is 9.44.